The molecule has 0 radical (unpaired) electrons. The highest BCUT2D eigenvalue weighted by Crippen LogP contribution is 2.28. The quantitative estimate of drug-likeness (QED) is 0.524. The molecule has 0 unspecified atom stereocenters. The number of aromatic nitrogens is 2. The molecule has 1 amide bonds. The first-order chi connectivity index (χ1) is 14.5. The van der Waals surface area contributed by atoms with Gasteiger partial charge in [0.2, 0.25) is 0 Å². The molecule has 0 aliphatic rings. The second-order valence-electron chi connectivity index (χ2n) is 6.64. The predicted octanol–water partition coefficient (Wildman–Crippen LogP) is 4.61. The Bertz CT molecular complexity index is 1330. The number of para-hydroxylation sites is 1. The van der Waals surface area contributed by atoms with E-state index in [1.807, 2.05) is 12.1 Å². The summed E-state index contributed by atoms with van der Waals surface area (Å²) in [5.41, 5.74) is 1.88. The number of carbonyl (C=O) groups excluding carboxylic acids is 1. The Morgan fingerprint density at radius 3 is 2.57 bits per heavy atom. The smallest absolute Gasteiger partial charge is 0.265 e. The minimum Gasteiger partial charge on any atom is -0.494 e. The Hall–Kier alpha value is -3.64. The Kier molecular flexibility index (Phi) is 5.25. The molecule has 0 aliphatic heterocycles. The van der Waals surface area contributed by atoms with Crippen molar-refractivity contribution < 1.29 is 9.53 Å². The first kappa shape index (κ1) is 19.7. The summed E-state index contributed by atoms with van der Waals surface area (Å²) < 4.78 is 6.98. The summed E-state index contributed by atoms with van der Waals surface area (Å²) in [4.78, 5) is 30.2. The van der Waals surface area contributed by atoms with Gasteiger partial charge in [0.15, 0.2) is 0 Å². The summed E-state index contributed by atoms with van der Waals surface area (Å²) in [6.45, 7) is 1.77. The Balaban J connectivity index is 1.75. The molecule has 0 bridgehead atoms. The molecule has 150 valence electrons. The number of ether oxygens (including phenoxy) is 1. The molecule has 0 aliphatic carbocycles. The van der Waals surface area contributed by atoms with Crippen LogP contribution >= 0.6 is 11.6 Å². The molecule has 6 nitrogen and oxygen atoms in total. The number of aryl methyl sites for hydroxylation is 1. The topological polar surface area (TPSA) is 73.2 Å². The normalized spacial score (nSPS) is 10.8. The van der Waals surface area contributed by atoms with Gasteiger partial charge in [0.25, 0.3) is 11.5 Å². The maximum Gasteiger partial charge on any atom is 0.265 e. The summed E-state index contributed by atoms with van der Waals surface area (Å²) in [7, 11) is 1.50. The van der Waals surface area contributed by atoms with Gasteiger partial charge in [-0.3, -0.25) is 14.2 Å². The highest BCUT2D eigenvalue weighted by Gasteiger charge is 2.15. The number of halogens is 1. The molecule has 4 aromatic rings. The van der Waals surface area contributed by atoms with Gasteiger partial charge >= 0.3 is 0 Å². The maximum atomic E-state index is 13.0. The standard InChI is InChI=1S/C23H18ClN3O3/c1-14-25-19-10-6-4-8-17(19)23(29)27(14)15-11-12-20(21(13-15)30-2)26-22(28)16-7-3-5-9-18(16)24/h3-13H,1-2H3,(H,26,28). The van der Waals surface area contributed by atoms with Crippen molar-refractivity contribution in [3.63, 3.8) is 0 Å². The van der Waals surface area contributed by atoms with Crippen LogP contribution in [0.2, 0.25) is 5.02 Å². The Labute approximate surface area is 177 Å². The van der Waals surface area contributed by atoms with Crippen molar-refractivity contribution in [3.05, 3.63) is 93.5 Å². The Morgan fingerprint density at radius 2 is 1.80 bits per heavy atom. The molecule has 4 rings (SSSR count). The van der Waals surface area contributed by atoms with Crippen LogP contribution in [0.4, 0.5) is 5.69 Å². The van der Waals surface area contributed by atoms with Gasteiger partial charge in [-0.25, -0.2) is 4.98 Å². The van der Waals surface area contributed by atoms with Gasteiger partial charge in [-0.1, -0.05) is 35.9 Å². The number of fused-ring (bicyclic) bond motifs is 1. The number of nitrogens with one attached hydrogen (secondary N) is 1. The number of nitrogens with zero attached hydrogens (tertiary/aromatic N) is 2. The molecule has 1 heterocycles. The van der Waals surface area contributed by atoms with Crippen molar-refractivity contribution in [2.24, 2.45) is 0 Å². The van der Waals surface area contributed by atoms with E-state index in [2.05, 4.69) is 10.3 Å². The molecule has 0 spiro atoms. The van der Waals surface area contributed by atoms with Crippen LogP contribution in [0.25, 0.3) is 16.6 Å². The van der Waals surface area contributed by atoms with E-state index in [9.17, 15) is 9.59 Å². The zero-order valence-corrected chi connectivity index (χ0v) is 17.1. The van der Waals surface area contributed by atoms with E-state index in [0.717, 1.165) is 0 Å². The predicted molar refractivity (Wildman–Crippen MR) is 118 cm³/mol. The molecule has 0 fully saturated rings. The first-order valence-electron chi connectivity index (χ1n) is 9.22. The fourth-order valence-electron chi connectivity index (χ4n) is 3.31. The van der Waals surface area contributed by atoms with E-state index in [1.165, 1.54) is 11.7 Å². The molecule has 1 N–H and O–H groups in total. The fraction of sp³-hybridized carbons (Fsp3) is 0.0870. The minimum absolute atomic E-state index is 0.173. The van der Waals surface area contributed by atoms with Crippen molar-refractivity contribution in [2.75, 3.05) is 12.4 Å². The second-order valence-corrected chi connectivity index (χ2v) is 7.04. The van der Waals surface area contributed by atoms with E-state index in [0.29, 0.717) is 44.4 Å². The van der Waals surface area contributed by atoms with Gasteiger partial charge in [-0.15, -0.1) is 0 Å². The molecule has 0 atom stereocenters. The number of rotatable bonds is 4. The summed E-state index contributed by atoms with van der Waals surface area (Å²) in [5.74, 6) is 0.605. The van der Waals surface area contributed by atoms with Crippen LogP contribution in [0.15, 0.2) is 71.5 Å². The lowest BCUT2D eigenvalue weighted by molar-refractivity contribution is 0.102. The molecule has 3 aromatic carbocycles. The van der Waals surface area contributed by atoms with Crippen LogP contribution in [0.5, 0.6) is 5.75 Å². The lowest BCUT2D eigenvalue weighted by Crippen LogP contribution is -2.22. The number of hydrogen-bond donors (Lipinski definition) is 1. The van der Waals surface area contributed by atoms with E-state index < -0.39 is 0 Å². The number of carbonyl (C=O) groups is 1. The molecule has 0 saturated carbocycles. The van der Waals surface area contributed by atoms with E-state index in [-0.39, 0.29) is 11.5 Å². The highest BCUT2D eigenvalue weighted by atomic mass is 35.5. The largest absolute Gasteiger partial charge is 0.494 e. The fourth-order valence-corrected chi connectivity index (χ4v) is 3.53. The molecule has 0 saturated heterocycles. The number of methoxy groups -OCH3 is 1. The lowest BCUT2D eigenvalue weighted by Gasteiger charge is -2.15. The van der Waals surface area contributed by atoms with Gasteiger partial charge in [0.1, 0.15) is 11.6 Å². The molecule has 30 heavy (non-hydrogen) atoms. The van der Waals surface area contributed by atoms with Crippen molar-refractivity contribution in [3.8, 4) is 11.4 Å². The summed E-state index contributed by atoms with van der Waals surface area (Å²) in [5, 5.41) is 3.69. The number of amides is 1. The molecule has 7 heteroatoms. The van der Waals surface area contributed by atoms with Gasteiger partial charge < -0.3 is 10.1 Å². The average Bonchev–Trinajstić information content (AvgIpc) is 2.75. The molecular formula is C23H18ClN3O3. The van der Waals surface area contributed by atoms with Crippen molar-refractivity contribution >= 4 is 34.1 Å². The SMILES string of the molecule is COc1cc(-n2c(C)nc3ccccc3c2=O)ccc1NC(=O)c1ccccc1Cl. The van der Waals surface area contributed by atoms with E-state index >= 15 is 0 Å². The first-order valence-corrected chi connectivity index (χ1v) is 9.60. The number of anilines is 1. The van der Waals surface area contributed by atoms with Crippen molar-refractivity contribution in [1.29, 1.82) is 0 Å². The van der Waals surface area contributed by atoms with Gasteiger partial charge in [0, 0.05) is 6.07 Å². The third-order valence-corrected chi connectivity index (χ3v) is 5.08. The van der Waals surface area contributed by atoms with Crippen molar-refractivity contribution in [1.82, 2.24) is 9.55 Å². The number of hydrogen-bond acceptors (Lipinski definition) is 4. The van der Waals surface area contributed by atoms with Crippen molar-refractivity contribution in [2.45, 2.75) is 6.92 Å². The zero-order valence-electron chi connectivity index (χ0n) is 16.3. The molecule has 1 aromatic heterocycles. The van der Waals surface area contributed by atoms with Crippen LogP contribution in [0.3, 0.4) is 0 Å². The molecular weight excluding hydrogens is 402 g/mol. The monoisotopic (exact) mass is 419 g/mol. The van der Waals surface area contributed by atoms with Gasteiger partial charge in [-0.05, 0) is 43.3 Å². The van der Waals surface area contributed by atoms with Crippen LogP contribution < -0.4 is 15.6 Å². The van der Waals surface area contributed by atoms with Crippen LogP contribution in [-0.2, 0) is 0 Å². The lowest BCUT2D eigenvalue weighted by atomic mass is 10.2. The van der Waals surface area contributed by atoms with E-state index in [1.54, 1.807) is 61.5 Å². The third-order valence-electron chi connectivity index (χ3n) is 4.75. The maximum absolute atomic E-state index is 13.0. The van der Waals surface area contributed by atoms with Gasteiger partial charge in [0.05, 0.1) is 40.0 Å². The van der Waals surface area contributed by atoms with E-state index in [4.69, 9.17) is 16.3 Å². The highest BCUT2D eigenvalue weighted by molar-refractivity contribution is 6.34. The van der Waals surface area contributed by atoms with Crippen LogP contribution in [0.1, 0.15) is 16.2 Å². The summed E-state index contributed by atoms with van der Waals surface area (Å²) >= 11 is 6.11. The summed E-state index contributed by atoms with van der Waals surface area (Å²) in [6.07, 6.45) is 0. The van der Waals surface area contributed by atoms with Crippen LogP contribution in [0, 0.1) is 6.92 Å². The van der Waals surface area contributed by atoms with Gasteiger partial charge in [-0.2, -0.15) is 0 Å². The Morgan fingerprint density at radius 1 is 1.07 bits per heavy atom. The second kappa shape index (κ2) is 8.00. The third kappa shape index (κ3) is 3.53. The minimum atomic E-state index is -0.354. The zero-order chi connectivity index (χ0) is 21.3. The van der Waals surface area contributed by atoms with Crippen LogP contribution in [-0.4, -0.2) is 22.6 Å². The number of benzene rings is 3. The average molecular weight is 420 g/mol. The summed E-state index contributed by atoms with van der Waals surface area (Å²) in [6, 6.07) is 19.1.